The lowest BCUT2D eigenvalue weighted by Crippen LogP contribution is -2.31. The summed E-state index contributed by atoms with van der Waals surface area (Å²) >= 11 is 0. The molecule has 1 aliphatic heterocycles. The van der Waals surface area contributed by atoms with E-state index in [1.807, 2.05) is 6.07 Å². The summed E-state index contributed by atoms with van der Waals surface area (Å²) in [5, 5.41) is 13.5. The molecule has 0 radical (unpaired) electrons. The Morgan fingerprint density at radius 1 is 1.26 bits per heavy atom. The summed E-state index contributed by atoms with van der Waals surface area (Å²) < 4.78 is 28.3. The molecule has 0 saturated heterocycles. The van der Waals surface area contributed by atoms with Crippen LogP contribution in [0.15, 0.2) is 30.5 Å². The van der Waals surface area contributed by atoms with Crippen LogP contribution in [0.25, 0.3) is 0 Å². The highest BCUT2D eigenvalue weighted by atomic mass is 19.2. The molecule has 3 rings (SSSR count). The van der Waals surface area contributed by atoms with E-state index in [4.69, 9.17) is 5.26 Å². The Kier molecular flexibility index (Phi) is 6.30. The Morgan fingerprint density at radius 2 is 2.00 bits per heavy atom. The molecule has 0 fully saturated rings. The molecule has 2 heterocycles. The van der Waals surface area contributed by atoms with Crippen LogP contribution in [0, 0.1) is 29.9 Å². The van der Waals surface area contributed by atoms with Crippen molar-refractivity contribution in [2.24, 2.45) is 0 Å². The number of hydrogen-bond acceptors (Lipinski definition) is 4. The molecule has 2 amide bonds. The molecule has 31 heavy (non-hydrogen) atoms. The number of nitrogens with one attached hydrogen (secondary N) is 2. The predicted octanol–water partition coefficient (Wildman–Crippen LogP) is 3.39. The maximum Gasteiger partial charge on any atom is 0.296 e. The number of rotatable bonds is 7. The van der Waals surface area contributed by atoms with Crippen molar-refractivity contribution in [1.82, 2.24) is 9.88 Å². The Bertz CT molecular complexity index is 1140. The molecule has 0 spiro atoms. The van der Waals surface area contributed by atoms with Gasteiger partial charge >= 0.3 is 0 Å². The molecule has 7 nitrogen and oxygen atoms in total. The number of nitrogens with zero attached hydrogens (tertiary/aromatic N) is 2. The average Bonchev–Trinajstić information content (AvgIpc) is 3.28. The van der Waals surface area contributed by atoms with Gasteiger partial charge in [0, 0.05) is 36.1 Å². The van der Waals surface area contributed by atoms with Gasteiger partial charge in [-0.1, -0.05) is 6.58 Å². The zero-order chi connectivity index (χ0) is 22.7. The van der Waals surface area contributed by atoms with Crippen molar-refractivity contribution in [1.29, 1.82) is 5.26 Å². The molecule has 0 unspecified atom stereocenters. The molecule has 0 bridgehead atoms. The molecule has 0 aliphatic carbocycles. The number of fused-ring (bicyclic) bond motifs is 1. The minimum Gasteiger partial charge on any atom is -0.340 e. The lowest BCUT2D eigenvalue weighted by Gasteiger charge is -2.09. The number of ketones is 1. The zero-order valence-electron chi connectivity index (χ0n) is 16.8. The summed E-state index contributed by atoms with van der Waals surface area (Å²) in [5.41, 5.74) is 1.57. The van der Waals surface area contributed by atoms with Crippen molar-refractivity contribution in [3.8, 4) is 6.07 Å². The van der Waals surface area contributed by atoms with E-state index in [1.54, 1.807) is 11.5 Å². The number of allylic oxidation sites excluding steroid dienone is 1. The Balaban J connectivity index is 1.88. The van der Waals surface area contributed by atoms with Crippen molar-refractivity contribution in [3.63, 3.8) is 0 Å². The number of carbonyl (C=O) groups excluding carboxylic acids is 3. The molecular weight excluding hydrogens is 406 g/mol. The SMILES string of the molecule is C=C(CCC#N)NC(=O)C(=O)c1c(C)c(C(=O)Nc2ccc(F)c(F)c2)n2c1CCC2. The third-order valence-electron chi connectivity index (χ3n) is 5.06. The van der Waals surface area contributed by atoms with Crippen LogP contribution in [-0.4, -0.2) is 22.2 Å². The fraction of sp³-hybridized carbons (Fsp3) is 0.273. The highest BCUT2D eigenvalue weighted by Gasteiger charge is 2.33. The van der Waals surface area contributed by atoms with Crippen LogP contribution < -0.4 is 10.6 Å². The number of nitriles is 1. The number of Topliss-reactive ketones (excluding diaryl/α,β-unsaturated/α-hetero) is 1. The summed E-state index contributed by atoms with van der Waals surface area (Å²) in [4.78, 5) is 38.2. The van der Waals surface area contributed by atoms with Crippen LogP contribution in [0.1, 0.15) is 51.4 Å². The quantitative estimate of drug-likeness (QED) is 0.523. The molecule has 2 aromatic rings. The van der Waals surface area contributed by atoms with E-state index in [1.165, 1.54) is 6.07 Å². The first kappa shape index (κ1) is 21.9. The topological polar surface area (TPSA) is 104 Å². The van der Waals surface area contributed by atoms with Crippen LogP contribution in [0.4, 0.5) is 14.5 Å². The fourth-order valence-electron chi connectivity index (χ4n) is 3.68. The second-order valence-corrected chi connectivity index (χ2v) is 7.18. The smallest absolute Gasteiger partial charge is 0.296 e. The third kappa shape index (κ3) is 4.38. The second-order valence-electron chi connectivity index (χ2n) is 7.18. The first-order valence-corrected chi connectivity index (χ1v) is 9.63. The van der Waals surface area contributed by atoms with Crippen molar-refractivity contribution < 1.29 is 23.2 Å². The maximum atomic E-state index is 13.5. The zero-order valence-corrected chi connectivity index (χ0v) is 16.8. The van der Waals surface area contributed by atoms with E-state index in [-0.39, 0.29) is 35.5 Å². The number of hydrogen-bond donors (Lipinski definition) is 2. The molecule has 1 aliphatic rings. The Hall–Kier alpha value is -3.80. The van der Waals surface area contributed by atoms with E-state index in [2.05, 4.69) is 17.2 Å². The van der Waals surface area contributed by atoms with Crippen LogP contribution in [-0.2, 0) is 17.8 Å². The molecule has 0 atom stereocenters. The van der Waals surface area contributed by atoms with Crippen LogP contribution >= 0.6 is 0 Å². The van der Waals surface area contributed by atoms with E-state index in [0.717, 1.165) is 12.1 Å². The standard InChI is InChI=1S/C22H20F2N4O3/c1-12(5-3-9-25)26-22(31)20(29)18-13(2)19(28-10-4-6-17(18)28)21(30)27-14-7-8-15(23)16(24)11-14/h7-8,11H,1,3-6,10H2,2H3,(H,26,31)(H,27,30). The van der Waals surface area contributed by atoms with E-state index in [9.17, 15) is 23.2 Å². The van der Waals surface area contributed by atoms with Gasteiger partial charge in [0.05, 0.1) is 11.6 Å². The van der Waals surface area contributed by atoms with Gasteiger partial charge in [-0.3, -0.25) is 14.4 Å². The van der Waals surface area contributed by atoms with Crippen LogP contribution in [0.3, 0.4) is 0 Å². The Labute approximate surface area is 177 Å². The first-order chi connectivity index (χ1) is 14.7. The second kappa shape index (κ2) is 8.92. The molecular formula is C22H20F2N4O3. The lowest BCUT2D eigenvalue weighted by molar-refractivity contribution is -0.116. The van der Waals surface area contributed by atoms with Gasteiger partial charge in [0.15, 0.2) is 11.6 Å². The molecule has 9 heteroatoms. The van der Waals surface area contributed by atoms with Gasteiger partial charge in [0.1, 0.15) is 5.69 Å². The van der Waals surface area contributed by atoms with Gasteiger partial charge in [-0.25, -0.2) is 8.78 Å². The highest BCUT2D eigenvalue weighted by molar-refractivity contribution is 6.44. The highest BCUT2D eigenvalue weighted by Crippen LogP contribution is 2.30. The maximum absolute atomic E-state index is 13.5. The lowest BCUT2D eigenvalue weighted by atomic mass is 10.0. The average molecular weight is 426 g/mol. The summed E-state index contributed by atoms with van der Waals surface area (Å²) in [6, 6.07) is 4.92. The molecule has 160 valence electrons. The van der Waals surface area contributed by atoms with Gasteiger partial charge in [-0.15, -0.1) is 0 Å². The number of anilines is 1. The molecule has 0 saturated carbocycles. The van der Waals surface area contributed by atoms with Crippen molar-refractivity contribution in [2.75, 3.05) is 5.32 Å². The normalized spacial score (nSPS) is 12.1. The van der Waals surface area contributed by atoms with Crippen molar-refractivity contribution >= 4 is 23.3 Å². The van der Waals surface area contributed by atoms with Gasteiger partial charge in [0.2, 0.25) is 0 Å². The fourth-order valence-corrected chi connectivity index (χ4v) is 3.68. The van der Waals surface area contributed by atoms with Gasteiger partial charge in [-0.2, -0.15) is 5.26 Å². The molecule has 1 aromatic heterocycles. The van der Waals surface area contributed by atoms with Crippen molar-refractivity contribution in [2.45, 2.75) is 39.2 Å². The van der Waals surface area contributed by atoms with Gasteiger partial charge in [-0.05, 0) is 43.9 Å². The minimum absolute atomic E-state index is 0.0660. The van der Waals surface area contributed by atoms with E-state index in [0.29, 0.717) is 30.6 Å². The third-order valence-corrected chi connectivity index (χ3v) is 5.06. The Morgan fingerprint density at radius 3 is 2.68 bits per heavy atom. The summed E-state index contributed by atoms with van der Waals surface area (Å²) in [7, 11) is 0. The number of aromatic nitrogens is 1. The number of amides is 2. The first-order valence-electron chi connectivity index (χ1n) is 9.63. The summed E-state index contributed by atoms with van der Waals surface area (Å²) in [5.74, 6) is -4.41. The van der Waals surface area contributed by atoms with Gasteiger partial charge in [0.25, 0.3) is 17.6 Å². The number of benzene rings is 1. The summed E-state index contributed by atoms with van der Waals surface area (Å²) in [6.45, 7) is 5.69. The molecule has 1 aromatic carbocycles. The number of carbonyl (C=O) groups is 3. The minimum atomic E-state index is -1.10. The monoisotopic (exact) mass is 426 g/mol. The number of halogens is 2. The van der Waals surface area contributed by atoms with E-state index < -0.39 is 29.2 Å². The summed E-state index contributed by atoms with van der Waals surface area (Å²) in [6.07, 6.45) is 1.59. The predicted molar refractivity (Wildman–Crippen MR) is 108 cm³/mol. The van der Waals surface area contributed by atoms with Crippen LogP contribution in [0.2, 0.25) is 0 Å². The molecule has 2 N–H and O–H groups in total. The van der Waals surface area contributed by atoms with E-state index >= 15 is 0 Å². The largest absolute Gasteiger partial charge is 0.340 e. The van der Waals surface area contributed by atoms with Crippen LogP contribution in [0.5, 0.6) is 0 Å². The van der Waals surface area contributed by atoms with Crippen molar-refractivity contribution in [3.05, 3.63) is 64.6 Å². The van der Waals surface area contributed by atoms with Gasteiger partial charge < -0.3 is 15.2 Å².